The van der Waals surface area contributed by atoms with Gasteiger partial charge in [0, 0.05) is 49.3 Å². The van der Waals surface area contributed by atoms with Crippen molar-refractivity contribution < 1.29 is 57.8 Å². The number of allylic oxidation sites excluding steroid dienone is 2. The summed E-state index contributed by atoms with van der Waals surface area (Å²) in [7, 11) is 9.93. The highest BCUT2D eigenvalue weighted by atomic mass is 16.3. The van der Waals surface area contributed by atoms with Crippen LogP contribution >= 0.6 is 0 Å². The molecule has 0 aromatic heterocycles. The van der Waals surface area contributed by atoms with Gasteiger partial charge in [0.15, 0.2) is 0 Å². The Morgan fingerprint density at radius 1 is 0.419 bits per heavy atom. The fourth-order valence-electron chi connectivity index (χ4n) is 10.8. The maximum absolute atomic E-state index is 15.2. The van der Waals surface area contributed by atoms with Crippen LogP contribution in [0.2, 0.25) is 0 Å². The van der Waals surface area contributed by atoms with E-state index in [0.717, 1.165) is 9.80 Å². The standard InChI is InChI=1S/C63H113N11O12/c1-26-27-28-41(16)53(76)52-57(80)67-49(38(10)11)61(84)68(19)33-48(75)69(20)44(29-34(2)3)56(79)66-50(39(12)13)62(85)70(21)45(30-35(4)5)55(78)64-42(17)54(77)65-43(18)58(81)71(22)46(31-36(6)7)59(82)72(23)47(32-37(8)9)60(83)73(24)51(40(14)15)63(86)74(52)25/h26-27,34-47,49-53,76H,28-33H2,1-25H3,(H,64,78)(H,65,77)(H,66,79)(H,67,80)/t41-,42+,43-,44+,45+,46+,47+,49+,50+,51+,52+,53-/m1/s1. The fourth-order valence-corrected chi connectivity index (χ4v) is 10.8. The Bertz CT molecular complexity index is 2360. The zero-order valence-corrected chi connectivity index (χ0v) is 56.9. The van der Waals surface area contributed by atoms with E-state index in [0.29, 0.717) is 6.42 Å². The average Bonchev–Trinajstić information content (AvgIpc) is 2.16. The van der Waals surface area contributed by atoms with Crippen molar-refractivity contribution in [3.05, 3.63) is 12.2 Å². The molecule has 1 aliphatic heterocycles. The second kappa shape index (κ2) is 35.0. The van der Waals surface area contributed by atoms with Gasteiger partial charge < -0.3 is 60.7 Å². The van der Waals surface area contributed by atoms with E-state index in [1.54, 1.807) is 61.5 Å². The highest BCUT2D eigenvalue weighted by Gasteiger charge is 2.46. The van der Waals surface area contributed by atoms with E-state index in [2.05, 4.69) is 21.3 Å². The lowest BCUT2D eigenvalue weighted by molar-refractivity contribution is -0.157. The van der Waals surface area contributed by atoms with Crippen LogP contribution in [0, 0.1) is 47.3 Å². The van der Waals surface area contributed by atoms with Gasteiger partial charge in [0.2, 0.25) is 65.0 Å². The van der Waals surface area contributed by atoms with Crippen LogP contribution in [-0.4, -0.2) is 227 Å². The Morgan fingerprint density at radius 3 is 1.23 bits per heavy atom. The number of carbonyl (C=O) groups excluding carboxylic acids is 11. The molecule has 0 unspecified atom stereocenters. The van der Waals surface area contributed by atoms with E-state index in [1.165, 1.54) is 87.7 Å². The smallest absolute Gasteiger partial charge is 0.246 e. The summed E-state index contributed by atoms with van der Waals surface area (Å²) < 4.78 is 0. The SMILES string of the molecule is CC=CC[C@@H](C)[C@@H](O)[C@H]1C(=O)N[C@@H](C(C)C)C(=O)N(C)CC(=O)N(C)[C@@H](CC(C)C)C(=O)N[C@@H](C(C)C)C(=O)N(C)[C@@H](CC(C)C)C(=O)N[C@@H](C)C(=O)N[C@H](C)C(=O)N(C)[C@@H](CC(C)C)C(=O)N(C)[C@@H](CC(C)C)C(=O)N(C)[C@@H](C(C)C)C(=O)N1C. The van der Waals surface area contributed by atoms with Crippen molar-refractivity contribution in [1.82, 2.24) is 55.6 Å². The molecule has 0 bridgehead atoms. The Kier molecular flexibility index (Phi) is 31.7. The number of likely N-dealkylation sites (N-methyl/N-ethyl adjacent to an activating group) is 7. The van der Waals surface area contributed by atoms with E-state index < -0.39 is 162 Å². The van der Waals surface area contributed by atoms with Crippen LogP contribution in [-0.2, 0) is 52.7 Å². The molecule has 0 spiro atoms. The van der Waals surface area contributed by atoms with E-state index in [-0.39, 0.29) is 49.4 Å². The van der Waals surface area contributed by atoms with E-state index in [9.17, 15) is 48.3 Å². The van der Waals surface area contributed by atoms with E-state index in [4.69, 9.17) is 0 Å². The molecular formula is C63H113N11O12. The van der Waals surface area contributed by atoms with Gasteiger partial charge >= 0.3 is 0 Å². The lowest BCUT2D eigenvalue weighted by Crippen LogP contribution is -2.64. The molecule has 1 aliphatic rings. The van der Waals surface area contributed by atoms with Gasteiger partial charge in [0.25, 0.3) is 0 Å². The van der Waals surface area contributed by atoms with Gasteiger partial charge in [-0.1, -0.05) is 116 Å². The van der Waals surface area contributed by atoms with Crippen LogP contribution in [0.25, 0.3) is 0 Å². The van der Waals surface area contributed by atoms with Gasteiger partial charge in [-0.05, 0) is 100 Å². The summed E-state index contributed by atoms with van der Waals surface area (Å²) in [5.41, 5.74) is 0. The van der Waals surface area contributed by atoms with Crippen LogP contribution in [0.3, 0.4) is 0 Å². The molecular weight excluding hydrogens is 1100 g/mol. The van der Waals surface area contributed by atoms with Crippen molar-refractivity contribution in [1.29, 1.82) is 0 Å². The zero-order chi connectivity index (χ0) is 66.8. The predicted molar refractivity (Wildman–Crippen MR) is 333 cm³/mol. The Labute approximate surface area is 515 Å². The number of rotatable bonds is 15. The average molecular weight is 1220 g/mol. The van der Waals surface area contributed by atoms with Crippen molar-refractivity contribution >= 4 is 65.0 Å². The molecule has 0 aromatic carbocycles. The molecule has 11 amide bonds. The van der Waals surface area contributed by atoms with Crippen molar-refractivity contribution in [3.63, 3.8) is 0 Å². The lowest BCUT2D eigenvalue weighted by Gasteiger charge is -2.41. The largest absolute Gasteiger partial charge is 0.390 e. The summed E-state index contributed by atoms with van der Waals surface area (Å²) in [5, 5.41) is 23.2. The molecule has 0 saturated carbocycles. The van der Waals surface area contributed by atoms with Gasteiger partial charge in [0.1, 0.15) is 60.4 Å². The number of carbonyl (C=O) groups is 11. The molecule has 1 rings (SSSR count). The highest BCUT2D eigenvalue weighted by Crippen LogP contribution is 2.26. The number of aliphatic hydroxyl groups is 1. The number of amides is 11. The third-order valence-electron chi connectivity index (χ3n) is 16.3. The maximum Gasteiger partial charge on any atom is 0.246 e. The van der Waals surface area contributed by atoms with Gasteiger partial charge in [0.05, 0.1) is 12.6 Å². The summed E-state index contributed by atoms with van der Waals surface area (Å²) in [6.07, 6.45) is 3.00. The second-order valence-electron chi connectivity index (χ2n) is 26.9. The zero-order valence-electron chi connectivity index (χ0n) is 56.9. The molecule has 0 aromatic rings. The Balaban J connectivity index is 4.37. The van der Waals surface area contributed by atoms with Crippen LogP contribution in [0.1, 0.15) is 157 Å². The lowest BCUT2D eigenvalue weighted by atomic mass is 9.91. The van der Waals surface area contributed by atoms with Crippen molar-refractivity contribution in [3.8, 4) is 0 Å². The first-order valence-corrected chi connectivity index (χ1v) is 30.9. The minimum atomic E-state index is -1.62. The van der Waals surface area contributed by atoms with Crippen LogP contribution in [0.5, 0.6) is 0 Å². The number of nitrogens with zero attached hydrogens (tertiary/aromatic N) is 7. The minimum Gasteiger partial charge on any atom is -0.390 e. The van der Waals surface area contributed by atoms with Crippen LogP contribution < -0.4 is 21.3 Å². The molecule has 23 heteroatoms. The first-order chi connectivity index (χ1) is 39.6. The topological polar surface area (TPSA) is 279 Å². The van der Waals surface area contributed by atoms with Crippen molar-refractivity contribution in [2.45, 2.75) is 223 Å². The molecule has 1 saturated heterocycles. The monoisotopic (exact) mass is 1220 g/mol. The summed E-state index contributed by atoms with van der Waals surface area (Å²) in [6.45, 7) is 31.1. The number of hydrogen-bond donors (Lipinski definition) is 5. The first-order valence-electron chi connectivity index (χ1n) is 30.9. The number of nitrogens with one attached hydrogen (secondary N) is 4. The van der Waals surface area contributed by atoms with E-state index >= 15 is 9.59 Å². The van der Waals surface area contributed by atoms with Crippen molar-refractivity contribution in [2.24, 2.45) is 47.3 Å². The first kappa shape index (κ1) is 77.9. The Hall–Kier alpha value is -6.13. The summed E-state index contributed by atoms with van der Waals surface area (Å²) >= 11 is 0. The van der Waals surface area contributed by atoms with Gasteiger partial charge in [-0.25, -0.2) is 0 Å². The van der Waals surface area contributed by atoms with E-state index in [1.807, 2.05) is 61.5 Å². The van der Waals surface area contributed by atoms with Crippen LogP contribution in [0.15, 0.2) is 12.2 Å². The molecule has 86 heavy (non-hydrogen) atoms. The molecule has 492 valence electrons. The predicted octanol–water partition coefficient (Wildman–Crippen LogP) is 3.52. The number of hydrogen-bond acceptors (Lipinski definition) is 12. The molecule has 1 heterocycles. The molecule has 1 fully saturated rings. The fraction of sp³-hybridized carbons (Fsp3) is 0.794. The summed E-state index contributed by atoms with van der Waals surface area (Å²) in [5.74, 6) is -10.3. The molecule has 0 radical (unpaired) electrons. The quantitative estimate of drug-likeness (QED) is 0.147. The Morgan fingerprint density at radius 2 is 0.791 bits per heavy atom. The minimum absolute atomic E-state index is 0.131. The molecule has 5 N–H and O–H groups in total. The second-order valence-corrected chi connectivity index (χ2v) is 26.9. The summed E-state index contributed by atoms with van der Waals surface area (Å²) in [6, 6.07) is -12.4. The van der Waals surface area contributed by atoms with Gasteiger partial charge in [-0.15, -0.1) is 0 Å². The third-order valence-corrected chi connectivity index (χ3v) is 16.3. The number of aliphatic hydroxyl groups excluding tert-OH is 1. The molecule has 0 aliphatic carbocycles. The third kappa shape index (κ3) is 21.6. The molecule has 12 atom stereocenters. The van der Waals surface area contributed by atoms with Gasteiger partial charge in [-0.2, -0.15) is 0 Å². The highest BCUT2D eigenvalue weighted by molar-refractivity contribution is 5.99. The molecule has 23 nitrogen and oxygen atoms in total. The van der Waals surface area contributed by atoms with Crippen molar-refractivity contribution in [2.75, 3.05) is 55.9 Å². The normalized spacial score (nSPS) is 26.8. The summed E-state index contributed by atoms with van der Waals surface area (Å²) in [4.78, 5) is 169. The van der Waals surface area contributed by atoms with Gasteiger partial charge in [-0.3, -0.25) is 52.7 Å². The van der Waals surface area contributed by atoms with Crippen LogP contribution in [0.4, 0.5) is 0 Å². The maximum atomic E-state index is 15.2.